The van der Waals surface area contributed by atoms with Crippen LogP contribution in [0.1, 0.15) is 6.92 Å². The fourth-order valence-corrected chi connectivity index (χ4v) is 3.94. The highest BCUT2D eigenvalue weighted by Crippen LogP contribution is 2.44. The maximum absolute atomic E-state index is 12.2. The predicted octanol–water partition coefficient (Wildman–Crippen LogP) is 2.42. The Morgan fingerprint density at radius 2 is 2.07 bits per heavy atom. The topological polar surface area (TPSA) is 78.0 Å². The molecule has 3 aliphatic rings. The van der Waals surface area contributed by atoms with Gasteiger partial charge in [-0.2, -0.15) is 5.10 Å². The molecule has 0 saturated carbocycles. The molecule has 0 radical (unpaired) electrons. The minimum atomic E-state index is -0.362. The van der Waals surface area contributed by atoms with Gasteiger partial charge in [0.15, 0.2) is 5.84 Å². The summed E-state index contributed by atoms with van der Waals surface area (Å²) in [5.74, 6) is 1.28. The smallest absolute Gasteiger partial charge is 0.262 e. The van der Waals surface area contributed by atoms with Gasteiger partial charge in [0.05, 0.1) is 11.7 Å². The third-order valence-electron chi connectivity index (χ3n) is 5.36. The molecule has 0 aliphatic carbocycles. The number of nitrogens with zero attached hydrogens (tertiary/aromatic N) is 2. The van der Waals surface area contributed by atoms with Crippen molar-refractivity contribution in [3.05, 3.63) is 41.4 Å². The minimum Gasteiger partial charge on any atom is -0.483 e. The summed E-state index contributed by atoms with van der Waals surface area (Å²) < 4.78 is 5.97. The minimum absolute atomic E-state index is 0.135. The molecule has 2 aromatic carbocycles. The molecule has 1 saturated heterocycles. The van der Waals surface area contributed by atoms with Gasteiger partial charge in [-0.05, 0) is 25.1 Å². The van der Waals surface area contributed by atoms with Crippen molar-refractivity contribution >= 4 is 34.7 Å². The van der Waals surface area contributed by atoms with E-state index in [1.807, 2.05) is 48.2 Å². The lowest BCUT2D eigenvalue weighted by molar-refractivity contribution is -0.122. The number of carbonyl (C=O) groups is 1. The maximum Gasteiger partial charge on any atom is 0.262 e. The van der Waals surface area contributed by atoms with Crippen LogP contribution in [0.5, 0.6) is 5.75 Å². The average molecular weight is 398 g/mol. The molecular weight excluding hydrogens is 378 g/mol. The molecule has 7 nitrogen and oxygen atoms in total. The third-order valence-corrected chi connectivity index (χ3v) is 5.69. The summed E-state index contributed by atoms with van der Waals surface area (Å²) >= 11 is 6.49. The number of nitrogens with one attached hydrogen (secondary N) is 3. The van der Waals surface area contributed by atoms with Crippen molar-refractivity contribution in [2.45, 2.75) is 19.0 Å². The standard InChI is InChI=1S/C20H20ClN5O2/c1-11-20(27)25-24-19-10-28-18-6-14(13-4-2-3-5-15(13)21)16(7-17(18)26(11)19)23-12-8-22-9-12/h2-7,11-12,22-23H,8-10H2,1H3,(H,25,27)/t11-/m1/s1. The Kier molecular flexibility index (Phi) is 4.14. The number of amidine groups is 1. The molecule has 0 aromatic heterocycles. The molecule has 0 bridgehead atoms. The number of hydrazone groups is 1. The molecule has 2 aromatic rings. The Bertz CT molecular complexity index is 989. The Balaban J connectivity index is 1.65. The van der Waals surface area contributed by atoms with Crippen LogP contribution in [-0.4, -0.2) is 43.5 Å². The van der Waals surface area contributed by atoms with Crippen molar-refractivity contribution < 1.29 is 9.53 Å². The van der Waals surface area contributed by atoms with Gasteiger partial charge >= 0.3 is 0 Å². The first-order valence-corrected chi connectivity index (χ1v) is 9.68. The number of carbonyl (C=O) groups excluding carboxylic acids is 1. The van der Waals surface area contributed by atoms with Crippen molar-refractivity contribution in [1.29, 1.82) is 0 Å². The van der Waals surface area contributed by atoms with Gasteiger partial charge in [0.25, 0.3) is 5.91 Å². The van der Waals surface area contributed by atoms with E-state index in [2.05, 4.69) is 21.2 Å². The zero-order chi connectivity index (χ0) is 19.3. The van der Waals surface area contributed by atoms with Crippen molar-refractivity contribution in [2.24, 2.45) is 5.10 Å². The van der Waals surface area contributed by atoms with E-state index in [4.69, 9.17) is 16.3 Å². The lowest BCUT2D eigenvalue weighted by Crippen LogP contribution is -2.55. The molecule has 28 heavy (non-hydrogen) atoms. The maximum atomic E-state index is 12.2. The van der Waals surface area contributed by atoms with Crippen molar-refractivity contribution in [1.82, 2.24) is 10.7 Å². The van der Waals surface area contributed by atoms with E-state index in [1.54, 1.807) is 0 Å². The van der Waals surface area contributed by atoms with Crippen LogP contribution >= 0.6 is 11.6 Å². The third kappa shape index (κ3) is 2.78. The van der Waals surface area contributed by atoms with Crippen molar-refractivity contribution in [2.75, 3.05) is 29.9 Å². The Morgan fingerprint density at radius 1 is 1.25 bits per heavy atom. The van der Waals surface area contributed by atoms with Crippen LogP contribution < -0.4 is 25.7 Å². The van der Waals surface area contributed by atoms with E-state index in [0.717, 1.165) is 35.6 Å². The van der Waals surface area contributed by atoms with Gasteiger partial charge in [0.1, 0.15) is 18.4 Å². The van der Waals surface area contributed by atoms with E-state index in [-0.39, 0.29) is 11.9 Å². The summed E-state index contributed by atoms with van der Waals surface area (Å²) in [6.07, 6.45) is 0. The van der Waals surface area contributed by atoms with Crippen molar-refractivity contribution in [3.63, 3.8) is 0 Å². The number of ether oxygens (including phenoxy) is 1. The quantitative estimate of drug-likeness (QED) is 0.741. The molecule has 1 amide bonds. The van der Waals surface area contributed by atoms with E-state index < -0.39 is 0 Å². The molecule has 3 N–H and O–H groups in total. The lowest BCUT2D eigenvalue weighted by Gasteiger charge is -2.39. The van der Waals surface area contributed by atoms with Crippen LogP contribution in [0.3, 0.4) is 0 Å². The van der Waals surface area contributed by atoms with E-state index in [1.165, 1.54) is 0 Å². The molecule has 3 aliphatic heterocycles. The first kappa shape index (κ1) is 17.3. The lowest BCUT2D eigenvalue weighted by atomic mass is 9.99. The highest BCUT2D eigenvalue weighted by atomic mass is 35.5. The van der Waals surface area contributed by atoms with E-state index in [9.17, 15) is 4.79 Å². The first-order chi connectivity index (χ1) is 13.6. The molecule has 8 heteroatoms. The summed E-state index contributed by atoms with van der Waals surface area (Å²) in [7, 11) is 0. The zero-order valence-corrected chi connectivity index (χ0v) is 16.1. The summed E-state index contributed by atoms with van der Waals surface area (Å²) in [6, 6.07) is 11.8. The van der Waals surface area contributed by atoms with Crippen LogP contribution in [0.4, 0.5) is 11.4 Å². The van der Waals surface area contributed by atoms with Gasteiger partial charge < -0.3 is 20.3 Å². The number of fused-ring (bicyclic) bond motifs is 3. The average Bonchev–Trinajstić information content (AvgIpc) is 2.67. The summed E-state index contributed by atoms with van der Waals surface area (Å²) in [5.41, 5.74) is 6.27. The second-order valence-corrected chi connectivity index (χ2v) is 7.59. The number of benzene rings is 2. The summed E-state index contributed by atoms with van der Waals surface area (Å²) in [4.78, 5) is 14.1. The normalized spacial score (nSPS) is 20.9. The number of rotatable bonds is 3. The molecule has 0 spiro atoms. The highest BCUT2D eigenvalue weighted by molar-refractivity contribution is 6.33. The van der Waals surface area contributed by atoms with Gasteiger partial charge in [-0.15, -0.1) is 0 Å². The molecule has 0 unspecified atom stereocenters. The largest absolute Gasteiger partial charge is 0.483 e. The number of hydrogen-bond acceptors (Lipinski definition) is 6. The molecular formula is C20H20ClN5O2. The summed E-state index contributed by atoms with van der Waals surface area (Å²) in [5, 5.41) is 11.7. The van der Waals surface area contributed by atoms with Crippen LogP contribution in [0.2, 0.25) is 5.02 Å². The Morgan fingerprint density at radius 3 is 2.82 bits per heavy atom. The Labute approximate surface area is 167 Å². The van der Waals surface area contributed by atoms with Gasteiger partial charge in [0.2, 0.25) is 0 Å². The second-order valence-electron chi connectivity index (χ2n) is 7.18. The van der Waals surface area contributed by atoms with Gasteiger partial charge in [0, 0.05) is 34.9 Å². The monoisotopic (exact) mass is 397 g/mol. The molecule has 1 atom stereocenters. The number of halogens is 1. The highest BCUT2D eigenvalue weighted by Gasteiger charge is 2.36. The van der Waals surface area contributed by atoms with Crippen molar-refractivity contribution in [3.8, 4) is 16.9 Å². The molecule has 1 fully saturated rings. The van der Waals surface area contributed by atoms with Crippen LogP contribution in [0, 0.1) is 0 Å². The van der Waals surface area contributed by atoms with Crippen LogP contribution in [0.25, 0.3) is 11.1 Å². The van der Waals surface area contributed by atoms with Gasteiger partial charge in [-0.3, -0.25) is 4.79 Å². The van der Waals surface area contributed by atoms with Gasteiger partial charge in [-0.1, -0.05) is 29.8 Å². The fourth-order valence-electron chi connectivity index (χ4n) is 3.70. The first-order valence-electron chi connectivity index (χ1n) is 9.30. The number of anilines is 2. The van der Waals surface area contributed by atoms with E-state index in [0.29, 0.717) is 29.3 Å². The molecule has 5 rings (SSSR count). The predicted molar refractivity (Wildman–Crippen MR) is 110 cm³/mol. The second kappa shape index (κ2) is 6.68. The van der Waals surface area contributed by atoms with Gasteiger partial charge in [-0.25, -0.2) is 5.43 Å². The molecule has 144 valence electrons. The van der Waals surface area contributed by atoms with Crippen LogP contribution in [-0.2, 0) is 4.79 Å². The fraction of sp³-hybridized carbons (Fsp3) is 0.300. The number of amides is 1. The van der Waals surface area contributed by atoms with Crippen LogP contribution in [0.15, 0.2) is 41.5 Å². The SMILES string of the molecule is C[C@@H]1C(=O)NN=C2COc3cc(-c4ccccc4Cl)c(NC4CNC4)cc3N21. The Hall–Kier alpha value is -2.77. The van der Waals surface area contributed by atoms with E-state index >= 15 is 0 Å². The molecule has 3 heterocycles. The number of hydrogen-bond donors (Lipinski definition) is 3. The zero-order valence-electron chi connectivity index (χ0n) is 15.3. The summed E-state index contributed by atoms with van der Waals surface area (Å²) in [6.45, 7) is 3.98.